The molecule has 0 saturated heterocycles. The normalized spacial score (nSPS) is 10.7. The first kappa shape index (κ1) is 21.0. The SMILES string of the molecule is CN(CC(=O)Nc1ccc(C#N)cc1)Cc1cn(-c2ccccc2)nc1-c1ccccc1. The molecule has 6 nitrogen and oxygen atoms in total. The number of carbonyl (C=O) groups is 1. The number of likely N-dealkylation sites (N-methyl/N-ethyl adjacent to an activating group) is 1. The number of hydrogen-bond donors (Lipinski definition) is 1. The topological polar surface area (TPSA) is 74.0 Å². The van der Waals surface area contributed by atoms with Gasteiger partial charge in [0.15, 0.2) is 0 Å². The molecule has 0 radical (unpaired) electrons. The average molecular weight is 422 g/mol. The smallest absolute Gasteiger partial charge is 0.238 e. The van der Waals surface area contributed by atoms with Crippen molar-refractivity contribution < 1.29 is 4.79 Å². The number of nitrogens with zero attached hydrogens (tertiary/aromatic N) is 4. The maximum Gasteiger partial charge on any atom is 0.238 e. The maximum absolute atomic E-state index is 12.5. The minimum atomic E-state index is -0.117. The summed E-state index contributed by atoms with van der Waals surface area (Å²) >= 11 is 0. The molecule has 0 aliphatic heterocycles. The molecule has 4 aromatic rings. The number of anilines is 1. The van der Waals surface area contributed by atoms with Crippen molar-refractivity contribution in [1.82, 2.24) is 14.7 Å². The summed E-state index contributed by atoms with van der Waals surface area (Å²) in [4.78, 5) is 14.5. The molecule has 0 atom stereocenters. The minimum Gasteiger partial charge on any atom is -0.325 e. The van der Waals surface area contributed by atoms with E-state index in [1.165, 1.54) is 0 Å². The van der Waals surface area contributed by atoms with Crippen LogP contribution in [-0.4, -0.2) is 34.2 Å². The highest BCUT2D eigenvalue weighted by Crippen LogP contribution is 2.24. The lowest BCUT2D eigenvalue weighted by Gasteiger charge is -2.16. The standard InChI is InChI=1S/C26H23N5O/c1-30(19-25(32)28-23-14-12-20(16-27)13-15-23)17-22-18-31(24-10-6-3-7-11-24)29-26(22)21-8-4-2-5-9-21/h2-15,18H,17,19H2,1H3,(H,28,32). The molecule has 32 heavy (non-hydrogen) atoms. The summed E-state index contributed by atoms with van der Waals surface area (Å²) in [6, 6.07) is 28.9. The van der Waals surface area contributed by atoms with E-state index in [9.17, 15) is 4.79 Å². The Kier molecular flexibility index (Phi) is 6.40. The molecular formula is C26H23N5O. The van der Waals surface area contributed by atoms with E-state index in [0.717, 1.165) is 22.5 Å². The lowest BCUT2D eigenvalue weighted by atomic mass is 10.1. The van der Waals surface area contributed by atoms with Crippen molar-refractivity contribution in [3.63, 3.8) is 0 Å². The van der Waals surface area contributed by atoms with Crippen LogP contribution < -0.4 is 5.32 Å². The van der Waals surface area contributed by atoms with Gasteiger partial charge in [0.25, 0.3) is 0 Å². The van der Waals surface area contributed by atoms with E-state index in [4.69, 9.17) is 10.4 Å². The number of aromatic nitrogens is 2. The number of benzene rings is 3. The van der Waals surface area contributed by atoms with Crippen LogP contribution in [-0.2, 0) is 11.3 Å². The molecule has 1 N–H and O–H groups in total. The first-order valence-electron chi connectivity index (χ1n) is 10.3. The Labute approximate surface area is 187 Å². The summed E-state index contributed by atoms with van der Waals surface area (Å²) in [5, 5.41) is 16.6. The van der Waals surface area contributed by atoms with Crippen molar-refractivity contribution in [3.8, 4) is 23.0 Å². The molecule has 0 fully saturated rings. The molecule has 0 bridgehead atoms. The van der Waals surface area contributed by atoms with Gasteiger partial charge in [0.05, 0.1) is 29.6 Å². The summed E-state index contributed by atoms with van der Waals surface area (Å²) in [5.41, 5.74) is 5.18. The molecule has 0 unspecified atom stereocenters. The molecular weight excluding hydrogens is 398 g/mol. The van der Waals surface area contributed by atoms with E-state index in [0.29, 0.717) is 17.8 Å². The van der Waals surface area contributed by atoms with Crippen molar-refractivity contribution in [1.29, 1.82) is 5.26 Å². The Balaban J connectivity index is 1.50. The van der Waals surface area contributed by atoms with Crippen molar-refractivity contribution >= 4 is 11.6 Å². The third kappa shape index (κ3) is 5.09. The zero-order chi connectivity index (χ0) is 22.3. The fourth-order valence-corrected chi connectivity index (χ4v) is 3.50. The number of nitriles is 1. The van der Waals surface area contributed by atoms with Crippen molar-refractivity contribution in [3.05, 3.63) is 102 Å². The van der Waals surface area contributed by atoms with Crippen LogP contribution in [0.2, 0.25) is 0 Å². The van der Waals surface area contributed by atoms with Gasteiger partial charge in [0, 0.05) is 29.6 Å². The van der Waals surface area contributed by atoms with Crippen LogP contribution in [0.4, 0.5) is 5.69 Å². The van der Waals surface area contributed by atoms with E-state index in [2.05, 4.69) is 11.4 Å². The molecule has 0 spiro atoms. The summed E-state index contributed by atoms with van der Waals surface area (Å²) < 4.78 is 1.88. The van der Waals surface area contributed by atoms with E-state index in [-0.39, 0.29) is 12.5 Å². The monoisotopic (exact) mass is 421 g/mol. The summed E-state index contributed by atoms with van der Waals surface area (Å²) in [6.07, 6.45) is 2.02. The van der Waals surface area contributed by atoms with Gasteiger partial charge < -0.3 is 5.32 Å². The second-order valence-electron chi connectivity index (χ2n) is 7.56. The number of para-hydroxylation sites is 1. The van der Waals surface area contributed by atoms with Gasteiger partial charge in [0.1, 0.15) is 0 Å². The Morgan fingerprint density at radius 1 is 1.00 bits per heavy atom. The van der Waals surface area contributed by atoms with Crippen LogP contribution in [0.5, 0.6) is 0 Å². The molecule has 6 heteroatoms. The van der Waals surface area contributed by atoms with Crippen LogP contribution in [0.1, 0.15) is 11.1 Å². The predicted octanol–water partition coefficient (Wildman–Crippen LogP) is 4.48. The molecule has 4 rings (SSSR count). The van der Waals surface area contributed by atoms with E-state index in [1.807, 2.05) is 83.5 Å². The number of carbonyl (C=O) groups excluding carboxylic acids is 1. The highest BCUT2D eigenvalue weighted by Gasteiger charge is 2.15. The van der Waals surface area contributed by atoms with Crippen LogP contribution in [0.3, 0.4) is 0 Å². The van der Waals surface area contributed by atoms with Crippen molar-refractivity contribution in [2.24, 2.45) is 0 Å². The third-order valence-electron chi connectivity index (χ3n) is 5.01. The highest BCUT2D eigenvalue weighted by molar-refractivity contribution is 5.92. The van der Waals surface area contributed by atoms with E-state index >= 15 is 0 Å². The van der Waals surface area contributed by atoms with E-state index in [1.54, 1.807) is 24.3 Å². The van der Waals surface area contributed by atoms with Crippen molar-refractivity contribution in [2.75, 3.05) is 18.9 Å². The Morgan fingerprint density at radius 2 is 1.66 bits per heavy atom. The van der Waals surface area contributed by atoms with Gasteiger partial charge in [-0.25, -0.2) is 4.68 Å². The molecule has 1 heterocycles. The lowest BCUT2D eigenvalue weighted by molar-refractivity contribution is -0.117. The number of nitrogens with one attached hydrogen (secondary N) is 1. The first-order valence-corrected chi connectivity index (χ1v) is 10.3. The van der Waals surface area contributed by atoms with Crippen LogP contribution in [0, 0.1) is 11.3 Å². The third-order valence-corrected chi connectivity index (χ3v) is 5.01. The summed E-state index contributed by atoms with van der Waals surface area (Å²) in [5.74, 6) is -0.117. The molecule has 158 valence electrons. The molecule has 0 aliphatic rings. The first-order chi connectivity index (χ1) is 15.6. The fraction of sp³-hybridized carbons (Fsp3) is 0.115. The van der Waals surface area contributed by atoms with Gasteiger partial charge in [-0.05, 0) is 43.4 Å². The molecule has 0 aliphatic carbocycles. The Hall–Kier alpha value is -4.21. The lowest BCUT2D eigenvalue weighted by Crippen LogP contribution is -2.29. The fourth-order valence-electron chi connectivity index (χ4n) is 3.50. The average Bonchev–Trinajstić information content (AvgIpc) is 3.24. The van der Waals surface area contributed by atoms with Gasteiger partial charge in [-0.15, -0.1) is 0 Å². The van der Waals surface area contributed by atoms with Crippen LogP contribution in [0.25, 0.3) is 16.9 Å². The molecule has 1 amide bonds. The highest BCUT2D eigenvalue weighted by atomic mass is 16.2. The molecule has 3 aromatic carbocycles. The Bertz CT molecular complexity index is 1220. The van der Waals surface area contributed by atoms with E-state index < -0.39 is 0 Å². The molecule has 1 aromatic heterocycles. The van der Waals surface area contributed by atoms with Crippen molar-refractivity contribution in [2.45, 2.75) is 6.54 Å². The number of hydrogen-bond acceptors (Lipinski definition) is 4. The molecule has 0 saturated carbocycles. The predicted molar refractivity (Wildman–Crippen MR) is 125 cm³/mol. The zero-order valence-electron chi connectivity index (χ0n) is 17.8. The summed E-state index contributed by atoms with van der Waals surface area (Å²) in [6.45, 7) is 0.794. The summed E-state index contributed by atoms with van der Waals surface area (Å²) in [7, 11) is 1.91. The van der Waals surface area contributed by atoms with Crippen LogP contribution >= 0.6 is 0 Å². The minimum absolute atomic E-state index is 0.117. The van der Waals surface area contributed by atoms with Gasteiger partial charge in [-0.2, -0.15) is 10.4 Å². The Morgan fingerprint density at radius 3 is 2.31 bits per heavy atom. The second kappa shape index (κ2) is 9.73. The van der Waals surface area contributed by atoms with Gasteiger partial charge in [0.2, 0.25) is 5.91 Å². The number of rotatable bonds is 7. The zero-order valence-corrected chi connectivity index (χ0v) is 17.8. The number of amides is 1. The van der Waals surface area contributed by atoms with Gasteiger partial charge in [-0.3, -0.25) is 9.69 Å². The van der Waals surface area contributed by atoms with Gasteiger partial charge in [-0.1, -0.05) is 48.5 Å². The largest absolute Gasteiger partial charge is 0.325 e. The maximum atomic E-state index is 12.5. The van der Waals surface area contributed by atoms with Crippen LogP contribution in [0.15, 0.2) is 91.1 Å². The van der Waals surface area contributed by atoms with Gasteiger partial charge >= 0.3 is 0 Å². The quantitative estimate of drug-likeness (QED) is 0.477. The second-order valence-corrected chi connectivity index (χ2v) is 7.56.